The number of sulfonamides is 1. The lowest BCUT2D eigenvalue weighted by atomic mass is 10.3. The SMILES string of the molecule is C=CCN(CCOC)S(=O)(=O)c1ccc(N)c(F)c1. The van der Waals surface area contributed by atoms with Gasteiger partial charge in [0.05, 0.1) is 17.2 Å². The molecule has 1 aromatic carbocycles. The molecule has 2 N–H and O–H groups in total. The maximum atomic E-state index is 13.4. The van der Waals surface area contributed by atoms with Gasteiger partial charge in [0.25, 0.3) is 0 Å². The van der Waals surface area contributed by atoms with Gasteiger partial charge in [-0.3, -0.25) is 0 Å². The Bertz CT molecular complexity index is 546. The van der Waals surface area contributed by atoms with Crippen LogP contribution in [0.15, 0.2) is 35.7 Å². The lowest BCUT2D eigenvalue weighted by molar-refractivity contribution is 0.182. The number of rotatable bonds is 7. The fourth-order valence-corrected chi connectivity index (χ4v) is 2.87. The van der Waals surface area contributed by atoms with Crippen LogP contribution in [0.4, 0.5) is 10.1 Å². The first-order valence-electron chi connectivity index (χ1n) is 5.58. The van der Waals surface area contributed by atoms with Crippen molar-refractivity contribution in [2.24, 2.45) is 0 Å². The van der Waals surface area contributed by atoms with Gasteiger partial charge >= 0.3 is 0 Å². The zero-order valence-electron chi connectivity index (χ0n) is 10.7. The van der Waals surface area contributed by atoms with E-state index in [0.29, 0.717) is 0 Å². The summed E-state index contributed by atoms with van der Waals surface area (Å²) >= 11 is 0. The van der Waals surface area contributed by atoms with Crippen LogP contribution in [0, 0.1) is 5.82 Å². The molecule has 0 amide bonds. The second kappa shape index (κ2) is 6.65. The number of methoxy groups -OCH3 is 1. The van der Waals surface area contributed by atoms with Gasteiger partial charge < -0.3 is 10.5 Å². The molecule has 0 radical (unpaired) electrons. The molecule has 7 heteroatoms. The van der Waals surface area contributed by atoms with Crippen LogP contribution in [0.3, 0.4) is 0 Å². The van der Waals surface area contributed by atoms with Crippen molar-refractivity contribution >= 4 is 15.7 Å². The van der Waals surface area contributed by atoms with Gasteiger partial charge in [0.2, 0.25) is 10.0 Å². The van der Waals surface area contributed by atoms with Crippen LogP contribution in [-0.2, 0) is 14.8 Å². The van der Waals surface area contributed by atoms with Crippen molar-refractivity contribution in [1.82, 2.24) is 4.31 Å². The Hall–Kier alpha value is -1.44. The summed E-state index contributed by atoms with van der Waals surface area (Å²) in [4.78, 5) is -0.142. The summed E-state index contributed by atoms with van der Waals surface area (Å²) in [5, 5.41) is 0. The summed E-state index contributed by atoms with van der Waals surface area (Å²) in [5.74, 6) is -0.758. The molecule has 0 heterocycles. The van der Waals surface area contributed by atoms with Crippen molar-refractivity contribution in [2.45, 2.75) is 4.90 Å². The number of hydrogen-bond donors (Lipinski definition) is 1. The third kappa shape index (κ3) is 3.76. The number of nitrogens with two attached hydrogens (primary N) is 1. The second-order valence-electron chi connectivity index (χ2n) is 3.83. The average Bonchev–Trinajstić information content (AvgIpc) is 2.37. The molecule has 1 aromatic rings. The largest absolute Gasteiger partial charge is 0.396 e. The Morgan fingerprint density at radius 1 is 1.53 bits per heavy atom. The van der Waals surface area contributed by atoms with Crippen molar-refractivity contribution in [2.75, 3.05) is 32.5 Å². The van der Waals surface area contributed by atoms with E-state index in [-0.39, 0.29) is 30.3 Å². The molecule has 1 rings (SSSR count). The van der Waals surface area contributed by atoms with E-state index < -0.39 is 15.8 Å². The van der Waals surface area contributed by atoms with Crippen LogP contribution >= 0.6 is 0 Å². The molecule has 0 unspecified atom stereocenters. The molecule has 0 aliphatic heterocycles. The predicted octanol–water partition coefficient (Wildman–Crippen LogP) is 1.23. The van der Waals surface area contributed by atoms with E-state index in [1.54, 1.807) is 0 Å². The van der Waals surface area contributed by atoms with Gasteiger partial charge in [-0.1, -0.05) is 6.08 Å². The van der Waals surface area contributed by atoms with Crippen molar-refractivity contribution in [1.29, 1.82) is 0 Å². The van der Waals surface area contributed by atoms with E-state index in [1.807, 2.05) is 0 Å². The zero-order valence-corrected chi connectivity index (χ0v) is 11.5. The van der Waals surface area contributed by atoms with E-state index in [1.165, 1.54) is 25.3 Å². The number of anilines is 1. The fraction of sp³-hybridized carbons (Fsp3) is 0.333. The lowest BCUT2D eigenvalue weighted by Gasteiger charge is -2.20. The summed E-state index contributed by atoms with van der Waals surface area (Å²) in [6.45, 7) is 4.03. The molecule has 0 spiro atoms. The molecule has 0 saturated heterocycles. The van der Waals surface area contributed by atoms with Gasteiger partial charge in [-0.25, -0.2) is 12.8 Å². The Kier molecular flexibility index (Phi) is 5.46. The third-order valence-electron chi connectivity index (χ3n) is 2.49. The van der Waals surface area contributed by atoms with Gasteiger partial charge in [0, 0.05) is 20.2 Å². The number of benzene rings is 1. The lowest BCUT2D eigenvalue weighted by Crippen LogP contribution is -2.34. The summed E-state index contributed by atoms with van der Waals surface area (Å²) in [5.41, 5.74) is 5.24. The fourth-order valence-electron chi connectivity index (χ4n) is 1.46. The summed E-state index contributed by atoms with van der Waals surface area (Å²) in [7, 11) is -2.31. The Morgan fingerprint density at radius 2 is 2.21 bits per heavy atom. The minimum Gasteiger partial charge on any atom is -0.396 e. The van der Waals surface area contributed by atoms with E-state index in [0.717, 1.165) is 10.4 Å². The van der Waals surface area contributed by atoms with E-state index in [4.69, 9.17) is 10.5 Å². The van der Waals surface area contributed by atoms with E-state index in [9.17, 15) is 12.8 Å². The zero-order chi connectivity index (χ0) is 14.5. The van der Waals surface area contributed by atoms with Gasteiger partial charge in [0.1, 0.15) is 5.82 Å². The number of nitrogens with zero attached hydrogens (tertiary/aromatic N) is 1. The Morgan fingerprint density at radius 3 is 2.74 bits per heavy atom. The smallest absolute Gasteiger partial charge is 0.243 e. The van der Waals surface area contributed by atoms with Crippen molar-refractivity contribution in [3.63, 3.8) is 0 Å². The minimum atomic E-state index is -3.79. The van der Waals surface area contributed by atoms with Crippen molar-refractivity contribution in [3.8, 4) is 0 Å². The monoisotopic (exact) mass is 288 g/mol. The van der Waals surface area contributed by atoms with E-state index >= 15 is 0 Å². The molecule has 5 nitrogen and oxygen atoms in total. The number of nitrogen functional groups attached to an aromatic ring is 1. The highest BCUT2D eigenvalue weighted by molar-refractivity contribution is 7.89. The quantitative estimate of drug-likeness (QED) is 0.605. The van der Waals surface area contributed by atoms with Gasteiger partial charge in [-0.05, 0) is 18.2 Å². The number of halogens is 1. The highest BCUT2D eigenvalue weighted by Gasteiger charge is 2.23. The minimum absolute atomic E-state index is 0.0916. The first-order valence-corrected chi connectivity index (χ1v) is 7.02. The normalized spacial score (nSPS) is 11.7. The molecule has 0 aliphatic carbocycles. The standard InChI is InChI=1S/C12H17FN2O3S/c1-3-6-15(7-8-18-2)19(16,17)10-4-5-12(14)11(13)9-10/h3-5,9H,1,6-8,14H2,2H3. The number of ether oxygens (including phenoxy) is 1. The highest BCUT2D eigenvalue weighted by atomic mass is 32.2. The van der Waals surface area contributed by atoms with Crippen molar-refractivity contribution in [3.05, 3.63) is 36.7 Å². The van der Waals surface area contributed by atoms with Crippen molar-refractivity contribution < 1.29 is 17.5 Å². The Labute approximate surface area is 112 Å². The molecule has 0 aliphatic rings. The summed E-state index contributed by atoms with van der Waals surface area (Å²) in [6, 6.07) is 3.41. The third-order valence-corrected chi connectivity index (χ3v) is 4.35. The Balaban J connectivity index is 3.10. The van der Waals surface area contributed by atoms with Crippen LogP contribution in [0.5, 0.6) is 0 Å². The second-order valence-corrected chi connectivity index (χ2v) is 5.77. The van der Waals surface area contributed by atoms with Crippen LogP contribution in [-0.4, -0.2) is 39.5 Å². The molecular weight excluding hydrogens is 271 g/mol. The first kappa shape index (κ1) is 15.6. The molecule has 0 fully saturated rings. The van der Waals surface area contributed by atoms with Gasteiger partial charge in [-0.15, -0.1) is 6.58 Å². The first-order chi connectivity index (χ1) is 8.93. The molecule has 0 aromatic heterocycles. The maximum Gasteiger partial charge on any atom is 0.243 e. The van der Waals surface area contributed by atoms with Crippen LogP contribution in [0.1, 0.15) is 0 Å². The molecular formula is C12H17FN2O3S. The maximum absolute atomic E-state index is 13.4. The van der Waals surface area contributed by atoms with E-state index in [2.05, 4.69) is 6.58 Å². The predicted molar refractivity (Wildman–Crippen MR) is 71.6 cm³/mol. The molecule has 0 bridgehead atoms. The number of hydrogen-bond acceptors (Lipinski definition) is 4. The average molecular weight is 288 g/mol. The van der Waals surface area contributed by atoms with Crippen LogP contribution in [0.2, 0.25) is 0 Å². The van der Waals surface area contributed by atoms with Gasteiger partial charge in [-0.2, -0.15) is 4.31 Å². The molecule has 0 saturated carbocycles. The van der Waals surface area contributed by atoms with Crippen LogP contribution < -0.4 is 5.73 Å². The molecule has 106 valence electrons. The molecule has 19 heavy (non-hydrogen) atoms. The summed E-state index contributed by atoms with van der Waals surface area (Å²) < 4.78 is 44.0. The summed E-state index contributed by atoms with van der Waals surface area (Å²) in [6.07, 6.45) is 1.46. The topological polar surface area (TPSA) is 72.6 Å². The molecule has 0 atom stereocenters. The highest BCUT2D eigenvalue weighted by Crippen LogP contribution is 2.20. The van der Waals surface area contributed by atoms with Gasteiger partial charge in [0.15, 0.2) is 0 Å². The van der Waals surface area contributed by atoms with Crippen LogP contribution in [0.25, 0.3) is 0 Å².